The average Bonchev–Trinajstić information content (AvgIpc) is 3.48. The van der Waals surface area contributed by atoms with Crippen LogP contribution in [0, 0.1) is 6.92 Å². The van der Waals surface area contributed by atoms with Crippen LogP contribution in [0.5, 0.6) is 0 Å². The van der Waals surface area contributed by atoms with Crippen molar-refractivity contribution in [2.45, 2.75) is 26.1 Å². The van der Waals surface area contributed by atoms with Gasteiger partial charge in [0, 0.05) is 31.4 Å². The first-order valence-corrected chi connectivity index (χ1v) is 11.7. The van der Waals surface area contributed by atoms with Crippen molar-refractivity contribution in [1.29, 1.82) is 0 Å². The second kappa shape index (κ2) is 8.43. The molecule has 0 aliphatic carbocycles. The highest BCUT2D eigenvalue weighted by molar-refractivity contribution is 7.13. The Kier molecular flexibility index (Phi) is 5.55. The summed E-state index contributed by atoms with van der Waals surface area (Å²) in [7, 11) is 0. The van der Waals surface area contributed by atoms with Crippen molar-refractivity contribution < 1.29 is 18.0 Å². The van der Waals surface area contributed by atoms with Crippen molar-refractivity contribution in [1.82, 2.24) is 19.5 Å². The van der Waals surface area contributed by atoms with E-state index in [1.807, 2.05) is 26.0 Å². The average molecular weight is 486 g/mol. The van der Waals surface area contributed by atoms with Crippen LogP contribution in [0.1, 0.15) is 28.5 Å². The number of nitrogens with zero attached hydrogens (tertiary/aromatic N) is 5. The summed E-state index contributed by atoms with van der Waals surface area (Å²) in [6.07, 6.45) is -3.46. The van der Waals surface area contributed by atoms with Crippen LogP contribution >= 0.6 is 11.3 Å². The maximum Gasteiger partial charge on any atom is 0.433 e. The number of carbonyl (C=O) groups excluding carboxylic acids is 1. The van der Waals surface area contributed by atoms with E-state index in [4.69, 9.17) is 0 Å². The van der Waals surface area contributed by atoms with Gasteiger partial charge in [0.15, 0.2) is 11.3 Å². The minimum Gasteiger partial charge on any atom is -0.365 e. The summed E-state index contributed by atoms with van der Waals surface area (Å²) in [4.78, 5) is 22.3. The fraction of sp³-hybridized carbons (Fsp3) is 0.292. The van der Waals surface area contributed by atoms with E-state index >= 15 is 0 Å². The number of aromatic nitrogens is 3. The van der Waals surface area contributed by atoms with Gasteiger partial charge in [0.1, 0.15) is 5.56 Å². The molecule has 6 nitrogen and oxygen atoms in total. The van der Waals surface area contributed by atoms with Gasteiger partial charge >= 0.3 is 6.18 Å². The topological polar surface area (TPSA) is 53.7 Å². The molecule has 1 aromatic carbocycles. The smallest absolute Gasteiger partial charge is 0.365 e. The van der Waals surface area contributed by atoms with Crippen LogP contribution in [0.2, 0.25) is 0 Å². The van der Waals surface area contributed by atoms with E-state index in [9.17, 15) is 18.0 Å². The molecule has 0 N–H and O–H groups in total. The fourth-order valence-corrected chi connectivity index (χ4v) is 4.98. The van der Waals surface area contributed by atoms with Crippen molar-refractivity contribution in [3.63, 3.8) is 0 Å². The maximum absolute atomic E-state index is 13.8. The number of piperazine rings is 1. The van der Waals surface area contributed by atoms with Gasteiger partial charge in [0.2, 0.25) is 0 Å². The molecule has 0 bridgehead atoms. The van der Waals surface area contributed by atoms with Crippen molar-refractivity contribution in [2.75, 3.05) is 24.5 Å². The van der Waals surface area contributed by atoms with Crippen LogP contribution in [0.3, 0.4) is 0 Å². The Morgan fingerprint density at radius 3 is 2.56 bits per heavy atom. The first-order chi connectivity index (χ1) is 16.2. The lowest BCUT2D eigenvalue weighted by atomic mass is 10.1. The standard InChI is InChI=1S/C24H22F3N5OS/c1-15-5-7-17(8-6-15)31-10-9-30(14-16(31)2)23(33)18-13-28-32-21(24(25,26)27)12-19(29-22(18)32)20-4-3-11-34-20/h3-8,11-13,16H,9-10,14H2,1-2H3/t16-/m0/s1. The number of hydrogen-bond acceptors (Lipinski definition) is 5. The Morgan fingerprint density at radius 1 is 1.15 bits per heavy atom. The van der Waals surface area contributed by atoms with Gasteiger partial charge in [0.05, 0.1) is 16.8 Å². The molecule has 1 atom stereocenters. The van der Waals surface area contributed by atoms with Gasteiger partial charge in [-0.2, -0.15) is 18.3 Å². The lowest BCUT2D eigenvalue weighted by Gasteiger charge is -2.41. The maximum atomic E-state index is 13.8. The highest BCUT2D eigenvalue weighted by Crippen LogP contribution is 2.34. The SMILES string of the molecule is Cc1ccc(N2CCN(C(=O)c3cnn4c(C(F)(F)F)cc(-c5cccs5)nc34)C[C@@H]2C)cc1. The number of fused-ring (bicyclic) bond motifs is 1. The van der Waals surface area contributed by atoms with Crippen LogP contribution in [0.4, 0.5) is 18.9 Å². The summed E-state index contributed by atoms with van der Waals surface area (Å²) in [5.74, 6) is -0.366. The van der Waals surface area contributed by atoms with E-state index in [-0.39, 0.29) is 28.9 Å². The molecular formula is C24H22F3N5OS. The second-order valence-corrected chi connectivity index (χ2v) is 9.37. The first-order valence-electron chi connectivity index (χ1n) is 10.8. The molecule has 0 unspecified atom stereocenters. The lowest BCUT2D eigenvalue weighted by molar-refractivity contribution is -0.142. The van der Waals surface area contributed by atoms with Crippen LogP contribution in [0.25, 0.3) is 16.2 Å². The number of anilines is 1. The second-order valence-electron chi connectivity index (χ2n) is 8.42. The molecule has 1 amide bonds. The number of halogens is 3. The first kappa shape index (κ1) is 22.4. The molecule has 0 radical (unpaired) electrons. The zero-order chi connectivity index (χ0) is 24.0. The minimum atomic E-state index is -4.65. The quantitative estimate of drug-likeness (QED) is 0.404. The van der Waals surface area contributed by atoms with Gasteiger partial charge < -0.3 is 9.80 Å². The largest absolute Gasteiger partial charge is 0.433 e. The molecule has 1 fully saturated rings. The molecule has 176 valence electrons. The summed E-state index contributed by atoms with van der Waals surface area (Å²) in [6.45, 7) is 5.58. The van der Waals surface area contributed by atoms with Gasteiger partial charge in [-0.05, 0) is 43.5 Å². The minimum absolute atomic E-state index is 0.0441. The van der Waals surface area contributed by atoms with Crippen LogP contribution in [0.15, 0.2) is 54.0 Å². The summed E-state index contributed by atoms with van der Waals surface area (Å²) in [5.41, 5.74) is 1.44. The fourth-order valence-electron chi connectivity index (χ4n) is 4.30. The molecule has 1 saturated heterocycles. The van der Waals surface area contributed by atoms with E-state index in [1.54, 1.807) is 22.4 Å². The molecule has 1 aliphatic rings. The Hall–Kier alpha value is -3.40. The van der Waals surface area contributed by atoms with Gasteiger partial charge in [-0.25, -0.2) is 9.50 Å². The molecule has 0 spiro atoms. The van der Waals surface area contributed by atoms with Crippen molar-refractivity contribution >= 4 is 28.6 Å². The van der Waals surface area contributed by atoms with Gasteiger partial charge in [0.25, 0.3) is 5.91 Å². The normalized spacial score (nSPS) is 16.9. The summed E-state index contributed by atoms with van der Waals surface area (Å²) < 4.78 is 42.1. The number of carbonyl (C=O) groups is 1. The van der Waals surface area contributed by atoms with Crippen molar-refractivity contribution in [2.24, 2.45) is 0 Å². The predicted molar refractivity (Wildman–Crippen MR) is 125 cm³/mol. The highest BCUT2D eigenvalue weighted by atomic mass is 32.1. The van der Waals surface area contributed by atoms with Gasteiger partial charge in [-0.15, -0.1) is 11.3 Å². The van der Waals surface area contributed by atoms with Crippen LogP contribution in [-0.2, 0) is 6.18 Å². The zero-order valence-corrected chi connectivity index (χ0v) is 19.4. The molecule has 10 heteroatoms. The number of amides is 1. The Morgan fingerprint density at radius 2 is 1.91 bits per heavy atom. The van der Waals surface area contributed by atoms with Crippen molar-refractivity contribution in [3.8, 4) is 10.6 Å². The van der Waals surface area contributed by atoms with E-state index in [1.165, 1.54) is 23.1 Å². The predicted octanol–water partition coefficient (Wildman–Crippen LogP) is 5.14. The molecule has 1 aliphatic heterocycles. The van der Waals surface area contributed by atoms with E-state index in [0.29, 0.717) is 24.5 Å². The number of benzene rings is 1. The van der Waals surface area contributed by atoms with Crippen LogP contribution in [-0.4, -0.2) is 51.1 Å². The molecule has 3 aromatic heterocycles. The third-order valence-electron chi connectivity index (χ3n) is 6.05. The Labute approximate surface area is 198 Å². The lowest BCUT2D eigenvalue weighted by Crippen LogP contribution is -2.53. The molecule has 4 aromatic rings. The number of hydrogen-bond donors (Lipinski definition) is 0. The third kappa shape index (κ3) is 4.02. The van der Waals surface area contributed by atoms with Gasteiger partial charge in [-0.3, -0.25) is 4.79 Å². The van der Waals surface area contributed by atoms with E-state index < -0.39 is 11.9 Å². The molecule has 4 heterocycles. The summed E-state index contributed by atoms with van der Waals surface area (Å²) in [6, 6.07) is 12.7. The number of aryl methyl sites for hydroxylation is 1. The Balaban J connectivity index is 1.47. The van der Waals surface area contributed by atoms with Crippen molar-refractivity contribution in [3.05, 3.63) is 70.9 Å². The highest BCUT2D eigenvalue weighted by Gasteiger charge is 2.37. The van der Waals surface area contributed by atoms with Gasteiger partial charge in [-0.1, -0.05) is 23.8 Å². The molecule has 34 heavy (non-hydrogen) atoms. The monoisotopic (exact) mass is 485 g/mol. The zero-order valence-electron chi connectivity index (χ0n) is 18.6. The third-order valence-corrected chi connectivity index (χ3v) is 6.94. The van der Waals surface area contributed by atoms with Crippen LogP contribution < -0.4 is 4.90 Å². The number of rotatable bonds is 3. The molecular weight excluding hydrogens is 463 g/mol. The van der Waals surface area contributed by atoms with E-state index in [0.717, 1.165) is 16.3 Å². The number of alkyl halides is 3. The Bertz CT molecular complexity index is 1330. The number of thiophene rings is 1. The summed E-state index contributed by atoms with van der Waals surface area (Å²) in [5, 5.41) is 5.66. The molecule has 0 saturated carbocycles. The molecule has 5 rings (SSSR count). The van der Waals surface area contributed by atoms with E-state index in [2.05, 4.69) is 27.1 Å². The summed E-state index contributed by atoms with van der Waals surface area (Å²) >= 11 is 1.29.